The molecule has 2 aromatic rings. The van der Waals surface area contributed by atoms with Crippen LogP contribution in [0.25, 0.3) is 0 Å². The number of carbonyl (C=O) groups is 2. The normalized spacial score (nSPS) is 16.6. The van der Waals surface area contributed by atoms with E-state index < -0.39 is 5.25 Å². The van der Waals surface area contributed by atoms with Crippen LogP contribution in [0.15, 0.2) is 47.5 Å². The first kappa shape index (κ1) is 17.8. The number of phenols is 1. The Labute approximate surface area is 158 Å². The zero-order valence-electron chi connectivity index (χ0n) is 12.7. The van der Waals surface area contributed by atoms with Crippen LogP contribution in [-0.4, -0.2) is 27.2 Å². The standard InChI is InChI=1S/C17H12Cl2N2O3S/c18-11-2-1-3-12(15(11)19)20-14(23)8-13-16(24)21-17(25-13)9-4-6-10(22)7-5-9/h1-7,13,22H,8H2,(H,20,23)/t13-/m0/s1. The highest BCUT2D eigenvalue weighted by atomic mass is 35.5. The minimum absolute atomic E-state index is 0.0303. The van der Waals surface area contributed by atoms with Crippen LogP contribution in [0.4, 0.5) is 5.69 Å². The number of aliphatic imine (C=N–C) groups is 1. The number of carbonyl (C=O) groups excluding carboxylic acids is 2. The Bertz CT molecular complexity index is 869. The van der Waals surface area contributed by atoms with Crippen molar-refractivity contribution >= 4 is 57.5 Å². The van der Waals surface area contributed by atoms with Gasteiger partial charge in [0, 0.05) is 12.0 Å². The summed E-state index contributed by atoms with van der Waals surface area (Å²) in [7, 11) is 0. The molecule has 2 amide bonds. The van der Waals surface area contributed by atoms with Crippen LogP contribution in [0.2, 0.25) is 10.0 Å². The van der Waals surface area contributed by atoms with E-state index in [-0.39, 0.29) is 29.0 Å². The molecule has 0 spiro atoms. The van der Waals surface area contributed by atoms with Gasteiger partial charge in [0.15, 0.2) is 0 Å². The van der Waals surface area contributed by atoms with E-state index in [0.29, 0.717) is 15.8 Å². The molecular formula is C17H12Cl2N2O3S. The minimum Gasteiger partial charge on any atom is -0.508 e. The third-order valence-electron chi connectivity index (χ3n) is 3.45. The van der Waals surface area contributed by atoms with Crippen molar-refractivity contribution in [2.45, 2.75) is 11.7 Å². The summed E-state index contributed by atoms with van der Waals surface area (Å²) in [5.41, 5.74) is 1.12. The van der Waals surface area contributed by atoms with Gasteiger partial charge < -0.3 is 10.4 Å². The fraction of sp³-hybridized carbons (Fsp3) is 0.118. The quantitative estimate of drug-likeness (QED) is 0.817. The molecule has 1 heterocycles. The van der Waals surface area contributed by atoms with Crippen LogP contribution < -0.4 is 5.32 Å². The van der Waals surface area contributed by atoms with E-state index in [1.54, 1.807) is 30.3 Å². The summed E-state index contributed by atoms with van der Waals surface area (Å²) in [5.74, 6) is -0.578. The van der Waals surface area contributed by atoms with Gasteiger partial charge in [0.1, 0.15) is 16.0 Å². The maximum Gasteiger partial charge on any atom is 0.260 e. The van der Waals surface area contributed by atoms with Crippen molar-refractivity contribution in [3.05, 3.63) is 58.1 Å². The molecule has 0 radical (unpaired) electrons. The molecule has 1 aliphatic heterocycles. The monoisotopic (exact) mass is 394 g/mol. The van der Waals surface area contributed by atoms with Gasteiger partial charge in [0.25, 0.3) is 5.91 Å². The highest BCUT2D eigenvalue weighted by Crippen LogP contribution is 2.32. The lowest BCUT2D eigenvalue weighted by Gasteiger charge is -2.10. The van der Waals surface area contributed by atoms with Crippen molar-refractivity contribution in [3.8, 4) is 5.75 Å². The van der Waals surface area contributed by atoms with Gasteiger partial charge in [-0.3, -0.25) is 9.59 Å². The average Bonchev–Trinajstić information content (AvgIpc) is 2.93. The molecule has 2 N–H and O–H groups in total. The number of benzene rings is 2. The zero-order valence-corrected chi connectivity index (χ0v) is 15.0. The number of rotatable bonds is 4. The molecule has 1 atom stereocenters. The first-order valence-electron chi connectivity index (χ1n) is 7.26. The van der Waals surface area contributed by atoms with Gasteiger partial charge in [-0.1, -0.05) is 41.0 Å². The van der Waals surface area contributed by atoms with Crippen molar-refractivity contribution in [2.75, 3.05) is 5.32 Å². The summed E-state index contributed by atoms with van der Waals surface area (Å²) < 4.78 is 0. The fourth-order valence-corrected chi connectivity index (χ4v) is 3.64. The van der Waals surface area contributed by atoms with Gasteiger partial charge in [-0.15, -0.1) is 0 Å². The van der Waals surface area contributed by atoms with E-state index in [1.165, 1.54) is 23.9 Å². The number of aromatic hydroxyl groups is 1. The second-order valence-corrected chi connectivity index (χ2v) is 7.24. The van der Waals surface area contributed by atoms with Gasteiger partial charge in [-0.2, -0.15) is 0 Å². The third kappa shape index (κ3) is 4.15. The van der Waals surface area contributed by atoms with Crippen LogP contribution in [0, 0.1) is 0 Å². The molecular weight excluding hydrogens is 383 g/mol. The van der Waals surface area contributed by atoms with Crippen molar-refractivity contribution in [1.82, 2.24) is 0 Å². The van der Waals surface area contributed by atoms with E-state index >= 15 is 0 Å². The number of hydrogen-bond acceptors (Lipinski definition) is 4. The molecule has 5 nitrogen and oxygen atoms in total. The summed E-state index contributed by atoms with van der Waals surface area (Å²) in [6, 6.07) is 11.3. The lowest BCUT2D eigenvalue weighted by atomic mass is 10.2. The van der Waals surface area contributed by atoms with E-state index in [0.717, 1.165) is 5.56 Å². The summed E-state index contributed by atoms with van der Waals surface area (Å²) in [5, 5.41) is 12.5. The van der Waals surface area contributed by atoms with Gasteiger partial charge >= 0.3 is 0 Å². The molecule has 2 aromatic carbocycles. The predicted octanol–water partition coefficient (Wildman–Crippen LogP) is 4.12. The Balaban J connectivity index is 1.64. The van der Waals surface area contributed by atoms with E-state index in [1.807, 2.05) is 0 Å². The number of nitrogens with zero attached hydrogens (tertiary/aromatic N) is 1. The highest BCUT2D eigenvalue weighted by molar-refractivity contribution is 8.16. The van der Waals surface area contributed by atoms with E-state index in [4.69, 9.17) is 23.2 Å². The SMILES string of the molecule is O=C(C[C@@H]1SC(c2ccc(O)cc2)=NC1=O)Nc1cccc(Cl)c1Cl. The largest absolute Gasteiger partial charge is 0.508 e. The number of amides is 2. The molecule has 0 unspecified atom stereocenters. The average molecular weight is 395 g/mol. The molecule has 0 aliphatic carbocycles. The first-order valence-corrected chi connectivity index (χ1v) is 8.90. The molecule has 0 saturated carbocycles. The first-order chi connectivity index (χ1) is 11.9. The van der Waals surface area contributed by atoms with Crippen LogP contribution >= 0.6 is 35.0 Å². The summed E-state index contributed by atoms with van der Waals surface area (Å²) in [4.78, 5) is 28.2. The summed E-state index contributed by atoms with van der Waals surface area (Å²) in [6.45, 7) is 0. The van der Waals surface area contributed by atoms with E-state index in [2.05, 4.69) is 10.3 Å². The second-order valence-electron chi connectivity index (χ2n) is 5.26. The Hall–Kier alpha value is -2.02. The Morgan fingerprint density at radius 2 is 1.92 bits per heavy atom. The fourth-order valence-electron chi connectivity index (χ4n) is 2.22. The Morgan fingerprint density at radius 1 is 1.20 bits per heavy atom. The number of anilines is 1. The maximum absolute atomic E-state index is 12.2. The maximum atomic E-state index is 12.2. The van der Waals surface area contributed by atoms with Crippen LogP contribution in [-0.2, 0) is 9.59 Å². The molecule has 0 saturated heterocycles. The smallest absolute Gasteiger partial charge is 0.260 e. The Kier molecular flexibility index (Phi) is 5.32. The lowest BCUT2D eigenvalue weighted by molar-refractivity contribution is -0.121. The number of hydrogen-bond donors (Lipinski definition) is 2. The van der Waals surface area contributed by atoms with Gasteiger partial charge in [-0.25, -0.2) is 4.99 Å². The predicted molar refractivity (Wildman–Crippen MR) is 101 cm³/mol. The number of nitrogens with one attached hydrogen (secondary N) is 1. The van der Waals surface area contributed by atoms with Crippen LogP contribution in [0.5, 0.6) is 5.75 Å². The van der Waals surface area contributed by atoms with E-state index in [9.17, 15) is 14.7 Å². The topological polar surface area (TPSA) is 78.8 Å². The number of thioether (sulfide) groups is 1. The zero-order chi connectivity index (χ0) is 18.0. The summed E-state index contributed by atoms with van der Waals surface area (Å²) in [6.07, 6.45) is -0.0303. The molecule has 0 bridgehead atoms. The highest BCUT2D eigenvalue weighted by Gasteiger charge is 2.31. The molecule has 0 fully saturated rings. The van der Waals surface area contributed by atoms with Gasteiger partial charge in [-0.05, 0) is 36.4 Å². The molecule has 128 valence electrons. The van der Waals surface area contributed by atoms with Crippen molar-refractivity contribution < 1.29 is 14.7 Å². The Morgan fingerprint density at radius 3 is 2.64 bits per heavy atom. The van der Waals surface area contributed by atoms with Crippen LogP contribution in [0.3, 0.4) is 0 Å². The number of phenolic OH excluding ortho intramolecular Hbond substituents is 1. The molecule has 0 aromatic heterocycles. The van der Waals surface area contributed by atoms with Crippen LogP contribution in [0.1, 0.15) is 12.0 Å². The number of halogens is 2. The molecule has 1 aliphatic rings. The van der Waals surface area contributed by atoms with Crippen molar-refractivity contribution in [3.63, 3.8) is 0 Å². The van der Waals surface area contributed by atoms with Crippen molar-refractivity contribution in [1.29, 1.82) is 0 Å². The van der Waals surface area contributed by atoms with Gasteiger partial charge in [0.2, 0.25) is 5.91 Å². The second kappa shape index (κ2) is 7.47. The molecule has 25 heavy (non-hydrogen) atoms. The van der Waals surface area contributed by atoms with Crippen molar-refractivity contribution in [2.24, 2.45) is 4.99 Å². The third-order valence-corrected chi connectivity index (χ3v) is 5.47. The molecule has 3 rings (SSSR count). The minimum atomic E-state index is -0.596. The summed E-state index contributed by atoms with van der Waals surface area (Å²) >= 11 is 13.2. The van der Waals surface area contributed by atoms with Gasteiger partial charge in [0.05, 0.1) is 15.7 Å². The molecule has 8 heteroatoms. The lowest BCUT2D eigenvalue weighted by Crippen LogP contribution is -2.21.